The summed E-state index contributed by atoms with van der Waals surface area (Å²) in [6, 6.07) is 8.60. The molecule has 1 aliphatic heterocycles. The van der Waals surface area contributed by atoms with Gasteiger partial charge in [0.2, 0.25) is 0 Å². The van der Waals surface area contributed by atoms with Crippen molar-refractivity contribution in [3.05, 3.63) is 36.7 Å². The maximum atomic E-state index is 11.3. The quantitative estimate of drug-likeness (QED) is 0.865. The van der Waals surface area contributed by atoms with E-state index < -0.39 is 0 Å². The highest BCUT2D eigenvalue weighted by molar-refractivity contribution is 5.81. The summed E-state index contributed by atoms with van der Waals surface area (Å²) >= 11 is 0. The fourth-order valence-corrected chi connectivity index (χ4v) is 2.47. The van der Waals surface area contributed by atoms with Crippen LogP contribution in [0.4, 0.5) is 5.69 Å². The Morgan fingerprint density at radius 2 is 1.81 bits per heavy atom. The molecule has 1 aromatic heterocycles. The Labute approximate surface area is 123 Å². The molecule has 3 rings (SSSR count). The van der Waals surface area contributed by atoms with Crippen LogP contribution in [0.3, 0.4) is 0 Å². The molecule has 0 saturated carbocycles. The molecule has 2 heterocycles. The van der Waals surface area contributed by atoms with Gasteiger partial charge in [0, 0.05) is 49.6 Å². The first kappa shape index (κ1) is 13.5. The second kappa shape index (κ2) is 5.91. The van der Waals surface area contributed by atoms with Gasteiger partial charge in [-0.3, -0.25) is 4.79 Å². The maximum absolute atomic E-state index is 11.3. The van der Waals surface area contributed by atoms with Gasteiger partial charge in [-0.25, -0.2) is 9.97 Å². The Bertz CT molecular complexity index is 630. The van der Waals surface area contributed by atoms with Crippen LogP contribution >= 0.6 is 0 Å². The third-order valence-electron chi connectivity index (χ3n) is 3.68. The largest absolute Gasteiger partial charge is 0.467 e. The first-order valence-corrected chi connectivity index (χ1v) is 6.99. The van der Waals surface area contributed by atoms with Crippen molar-refractivity contribution < 1.29 is 9.53 Å². The summed E-state index contributed by atoms with van der Waals surface area (Å²) in [6.07, 6.45) is 4.78. The SMILES string of the molecule is COc1ncc(-c2cccc(N3CCC(=O)CC3)c2)cn1. The minimum absolute atomic E-state index is 0.353. The Hall–Kier alpha value is -2.43. The molecule has 21 heavy (non-hydrogen) atoms. The molecule has 0 radical (unpaired) electrons. The van der Waals surface area contributed by atoms with E-state index in [1.807, 2.05) is 12.1 Å². The highest BCUT2D eigenvalue weighted by Gasteiger charge is 2.16. The lowest BCUT2D eigenvalue weighted by molar-refractivity contribution is -0.119. The molecule has 2 aromatic rings. The predicted octanol–water partition coefficient (Wildman–Crippen LogP) is 2.32. The van der Waals surface area contributed by atoms with E-state index in [0.29, 0.717) is 24.6 Å². The van der Waals surface area contributed by atoms with Gasteiger partial charge in [-0.05, 0) is 17.7 Å². The van der Waals surface area contributed by atoms with Crippen molar-refractivity contribution in [3.63, 3.8) is 0 Å². The third kappa shape index (κ3) is 3.02. The molecule has 0 atom stereocenters. The summed E-state index contributed by atoms with van der Waals surface area (Å²) in [5.41, 5.74) is 3.15. The van der Waals surface area contributed by atoms with Crippen LogP contribution in [0.15, 0.2) is 36.7 Å². The van der Waals surface area contributed by atoms with E-state index in [9.17, 15) is 4.79 Å². The number of carbonyl (C=O) groups is 1. The molecule has 5 nitrogen and oxygen atoms in total. The first-order valence-electron chi connectivity index (χ1n) is 6.99. The second-order valence-corrected chi connectivity index (χ2v) is 5.03. The Morgan fingerprint density at radius 1 is 1.10 bits per heavy atom. The van der Waals surface area contributed by atoms with E-state index in [4.69, 9.17) is 4.74 Å². The summed E-state index contributed by atoms with van der Waals surface area (Å²) in [5, 5.41) is 0. The average molecular weight is 283 g/mol. The summed E-state index contributed by atoms with van der Waals surface area (Å²) in [4.78, 5) is 21.8. The second-order valence-electron chi connectivity index (χ2n) is 5.03. The van der Waals surface area contributed by atoms with Crippen molar-refractivity contribution >= 4 is 11.5 Å². The fourth-order valence-electron chi connectivity index (χ4n) is 2.47. The molecular weight excluding hydrogens is 266 g/mol. The molecule has 1 aromatic carbocycles. The lowest BCUT2D eigenvalue weighted by atomic mass is 10.1. The Balaban J connectivity index is 1.83. The van der Waals surface area contributed by atoms with E-state index in [1.54, 1.807) is 19.5 Å². The number of hydrogen-bond donors (Lipinski definition) is 0. The molecule has 1 saturated heterocycles. The van der Waals surface area contributed by atoms with Gasteiger partial charge < -0.3 is 9.64 Å². The molecule has 5 heteroatoms. The lowest BCUT2D eigenvalue weighted by Crippen LogP contribution is -2.33. The van der Waals surface area contributed by atoms with Gasteiger partial charge in [-0.15, -0.1) is 0 Å². The van der Waals surface area contributed by atoms with Gasteiger partial charge in [0.15, 0.2) is 0 Å². The number of benzene rings is 1. The van der Waals surface area contributed by atoms with Gasteiger partial charge in [-0.1, -0.05) is 12.1 Å². The van der Waals surface area contributed by atoms with Crippen molar-refractivity contribution in [2.24, 2.45) is 0 Å². The standard InChI is InChI=1S/C16H17N3O2/c1-21-16-17-10-13(11-18-16)12-3-2-4-14(9-12)19-7-5-15(20)6-8-19/h2-4,9-11H,5-8H2,1H3. The monoisotopic (exact) mass is 283 g/mol. The van der Waals surface area contributed by atoms with Crippen molar-refractivity contribution in [3.8, 4) is 17.1 Å². The Kier molecular flexibility index (Phi) is 3.81. The van der Waals surface area contributed by atoms with Crippen molar-refractivity contribution in [2.45, 2.75) is 12.8 Å². The highest BCUT2D eigenvalue weighted by atomic mass is 16.5. The van der Waals surface area contributed by atoms with E-state index in [2.05, 4.69) is 27.0 Å². The zero-order valence-electron chi connectivity index (χ0n) is 12.0. The predicted molar refractivity (Wildman–Crippen MR) is 80.5 cm³/mol. The van der Waals surface area contributed by atoms with Crippen LogP contribution in [0.5, 0.6) is 6.01 Å². The molecule has 1 aliphatic rings. The van der Waals surface area contributed by atoms with Crippen molar-refractivity contribution in [2.75, 3.05) is 25.1 Å². The summed E-state index contributed by atoms with van der Waals surface area (Å²) < 4.78 is 4.97. The summed E-state index contributed by atoms with van der Waals surface area (Å²) in [5.74, 6) is 0.353. The molecule has 0 N–H and O–H groups in total. The van der Waals surface area contributed by atoms with Crippen LogP contribution in [0.2, 0.25) is 0 Å². The molecule has 0 amide bonds. The van der Waals surface area contributed by atoms with Crippen LogP contribution in [0.25, 0.3) is 11.1 Å². The number of nitrogens with zero attached hydrogens (tertiary/aromatic N) is 3. The fraction of sp³-hybridized carbons (Fsp3) is 0.312. The van der Waals surface area contributed by atoms with E-state index in [0.717, 1.165) is 29.9 Å². The average Bonchev–Trinajstić information content (AvgIpc) is 2.56. The number of rotatable bonds is 3. The van der Waals surface area contributed by atoms with Crippen molar-refractivity contribution in [1.82, 2.24) is 9.97 Å². The van der Waals surface area contributed by atoms with Gasteiger partial charge >= 0.3 is 6.01 Å². The molecule has 0 unspecified atom stereocenters. The maximum Gasteiger partial charge on any atom is 0.316 e. The normalized spacial score (nSPS) is 15.1. The number of carbonyl (C=O) groups excluding carboxylic acids is 1. The number of hydrogen-bond acceptors (Lipinski definition) is 5. The first-order chi connectivity index (χ1) is 10.3. The van der Waals surface area contributed by atoms with E-state index in [-0.39, 0.29) is 0 Å². The molecule has 0 spiro atoms. The van der Waals surface area contributed by atoms with E-state index in [1.165, 1.54) is 0 Å². The van der Waals surface area contributed by atoms with Gasteiger partial charge in [0.1, 0.15) is 5.78 Å². The number of anilines is 1. The molecule has 108 valence electrons. The topological polar surface area (TPSA) is 55.3 Å². The third-order valence-corrected chi connectivity index (χ3v) is 3.68. The number of piperidine rings is 1. The molecule has 0 aliphatic carbocycles. The van der Waals surface area contributed by atoms with Crippen LogP contribution in [-0.2, 0) is 4.79 Å². The minimum atomic E-state index is 0.353. The number of ether oxygens (including phenoxy) is 1. The molecule has 1 fully saturated rings. The Morgan fingerprint density at radius 3 is 2.48 bits per heavy atom. The molecular formula is C16H17N3O2. The lowest BCUT2D eigenvalue weighted by Gasteiger charge is -2.28. The number of aromatic nitrogens is 2. The zero-order chi connectivity index (χ0) is 14.7. The number of Topliss-reactive ketones (excluding diaryl/α,β-unsaturated/α-hetero) is 1. The van der Waals surface area contributed by atoms with Crippen LogP contribution in [-0.4, -0.2) is 36.0 Å². The van der Waals surface area contributed by atoms with Crippen LogP contribution in [0.1, 0.15) is 12.8 Å². The number of ketones is 1. The molecule has 0 bridgehead atoms. The van der Waals surface area contributed by atoms with Crippen molar-refractivity contribution in [1.29, 1.82) is 0 Å². The van der Waals surface area contributed by atoms with Crippen LogP contribution in [0, 0.1) is 0 Å². The van der Waals surface area contributed by atoms with Crippen LogP contribution < -0.4 is 9.64 Å². The number of methoxy groups -OCH3 is 1. The van der Waals surface area contributed by atoms with Gasteiger partial charge in [0.05, 0.1) is 7.11 Å². The minimum Gasteiger partial charge on any atom is -0.467 e. The van der Waals surface area contributed by atoms with Gasteiger partial charge in [-0.2, -0.15) is 0 Å². The van der Waals surface area contributed by atoms with Gasteiger partial charge in [0.25, 0.3) is 0 Å². The summed E-state index contributed by atoms with van der Waals surface area (Å²) in [7, 11) is 1.55. The highest BCUT2D eigenvalue weighted by Crippen LogP contribution is 2.25. The zero-order valence-corrected chi connectivity index (χ0v) is 12.0. The van der Waals surface area contributed by atoms with E-state index >= 15 is 0 Å². The smallest absolute Gasteiger partial charge is 0.316 e. The summed E-state index contributed by atoms with van der Waals surface area (Å²) in [6.45, 7) is 1.59.